The standard InChI is InChI=1S/C14H26N4O7/c1-14(2,3)25-13(21)17-11(12(19)20)10-24-9-8-23-7-6-22-5-4-16-18-15/h11H,4-10H2,1-3H3,(H,17,21)(H,19,20)/t11-/m1/s1. The Morgan fingerprint density at radius 1 is 1.12 bits per heavy atom. The van der Waals surface area contributed by atoms with E-state index in [1.54, 1.807) is 20.8 Å². The Morgan fingerprint density at radius 3 is 2.20 bits per heavy atom. The number of hydrogen-bond acceptors (Lipinski definition) is 7. The monoisotopic (exact) mass is 362 g/mol. The molecule has 0 spiro atoms. The van der Waals surface area contributed by atoms with Gasteiger partial charge in [0.05, 0.1) is 39.6 Å². The van der Waals surface area contributed by atoms with Gasteiger partial charge in [-0.3, -0.25) is 0 Å². The predicted octanol–water partition coefficient (Wildman–Crippen LogP) is 1.32. The summed E-state index contributed by atoms with van der Waals surface area (Å²) in [6.45, 7) is 6.50. The zero-order chi connectivity index (χ0) is 19.1. The van der Waals surface area contributed by atoms with Crippen molar-refractivity contribution >= 4 is 12.1 Å². The Hall–Kier alpha value is -2.07. The molecule has 0 unspecified atom stereocenters. The van der Waals surface area contributed by atoms with Gasteiger partial charge in [0, 0.05) is 11.5 Å². The summed E-state index contributed by atoms with van der Waals surface area (Å²) >= 11 is 0. The van der Waals surface area contributed by atoms with Crippen LogP contribution in [0, 0.1) is 0 Å². The minimum absolute atomic E-state index is 0.165. The fraction of sp³-hybridized carbons (Fsp3) is 0.857. The third-order valence-corrected chi connectivity index (χ3v) is 2.42. The van der Waals surface area contributed by atoms with E-state index in [0.717, 1.165) is 0 Å². The molecule has 2 N–H and O–H groups in total. The molecule has 0 radical (unpaired) electrons. The molecule has 0 aromatic heterocycles. The van der Waals surface area contributed by atoms with Crippen LogP contribution in [-0.2, 0) is 23.7 Å². The molecule has 0 bridgehead atoms. The number of carboxylic acids is 1. The fourth-order valence-electron chi connectivity index (χ4n) is 1.42. The van der Waals surface area contributed by atoms with Crippen LogP contribution in [0.25, 0.3) is 10.4 Å². The average molecular weight is 362 g/mol. The Morgan fingerprint density at radius 2 is 1.68 bits per heavy atom. The van der Waals surface area contributed by atoms with E-state index in [4.69, 9.17) is 29.6 Å². The molecule has 0 saturated carbocycles. The van der Waals surface area contributed by atoms with Crippen molar-refractivity contribution in [1.29, 1.82) is 0 Å². The highest BCUT2D eigenvalue weighted by Crippen LogP contribution is 2.06. The first-order valence-electron chi connectivity index (χ1n) is 7.72. The number of nitrogens with one attached hydrogen (secondary N) is 1. The predicted molar refractivity (Wildman–Crippen MR) is 87.3 cm³/mol. The largest absolute Gasteiger partial charge is 0.480 e. The second kappa shape index (κ2) is 13.2. The Bertz CT molecular complexity index is 447. The van der Waals surface area contributed by atoms with Gasteiger partial charge in [0.25, 0.3) is 0 Å². The molecular weight excluding hydrogens is 336 g/mol. The summed E-state index contributed by atoms with van der Waals surface area (Å²) in [4.78, 5) is 25.2. The van der Waals surface area contributed by atoms with Crippen molar-refractivity contribution in [3.05, 3.63) is 10.4 Å². The van der Waals surface area contributed by atoms with Crippen molar-refractivity contribution in [3.8, 4) is 0 Å². The highest BCUT2D eigenvalue weighted by atomic mass is 16.6. The van der Waals surface area contributed by atoms with Crippen LogP contribution in [0.1, 0.15) is 20.8 Å². The molecule has 0 aromatic carbocycles. The number of carbonyl (C=O) groups is 2. The van der Waals surface area contributed by atoms with Crippen molar-refractivity contribution in [1.82, 2.24) is 5.32 Å². The van der Waals surface area contributed by atoms with E-state index < -0.39 is 23.7 Å². The summed E-state index contributed by atoms with van der Waals surface area (Å²) < 4.78 is 20.5. The van der Waals surface area contributed by atoms with Gasteiger partial charge in [-0.2, -0.15) is 0 Å². The number of azide groups is 1. The lowest BCUT2D eigenvalue weighted by Crippen LogP contribution is -2.46. The van der Waals surface area contributed by atoms with Crippen molar-refractivity contribution in [2.45, 2.75) is 32.4 Å². The third-order valence-electron chi connectivity index (χ3n) is 2.42. The first-order chi connectivity index (χ1) is 11.8. The van der Waals surface area contributed by atoms with Crippen LogP contribution >= 0.6 is 0 Å². The highest BCUT2D eigenvalue weighted by molar-refractivity contribution is 5.80. The maximum Gasteiger partial charge on any atom is 0.408 e. The van der Waals surface area contributed by atoms with E-state index >= 15 is 0 Å². The van der Waals surface area contributed by atoms with Crippen LogP contribution in [0.5, 0.6) is 0 Å². The maximum atomic E-state index is 11.6. The Balaban J connectivity index is 3.75. The number of amides is 1. The van der Waals surface area contributed by atoms with Gasteiger partial charge in [0.1, 0.15) is 5.60 Å². The number of nitrogens with zero attached hydrogens (tertiary/aromatic N) is 3. The topological polar surface area (TPSA) is 152 Å². The molecule has 0 aliphatic carbocycles. The first-order valence-corrected chi connectivity index (χ1v) is 7.72. The first kappa shape index (κ1) is 22.9. The number of hydrogen-bond donors (Lipinski definition) is 2. The van der Waals surface area contributed by atoms with Gasteiger partial charge >= 0.3 is 12.1 Å². The quantitative estimate of drug-likeness (QED) is 0.217. The molecule has 11 heteroatoms. The van der Waals surface area contributed by atoms with Crippen molar-refractivity contribution in [2.75, 3.05) is 46.2 Å². The van der Waals surface area contributed by atoms with E-state index in [0.29, 0.717) is 19.8 Å². The summed E-state index contributed by atoms with van der Waals surface area (Å²) in [5.74, 6) is -1.22. The SMILES string of the molecule is CC(C)(C)OC(=O)N[C@H](COCCOCCOCCN=[N+]=[N-])C(=O)O. The van der Waals surface area contributed by atoms with Crippen LogP contribution in [0.2, 0.25) is 0 Å². The van der Waals surface area contributed by atoms with E-state index in [1.807, 2.05) is 0 Å². The molecule has 144 valence electrons. The van der Waals surface area contributed by atoms with Crippen LogP contribution in [-0.4, -0.2) is 75.0 Å². The molecule has 0 rings (SSSR count). The van der Waals surface area contributed by atoms with Crippen LogP contribution in [0.3, 0.4) is 0 Å². The zero-order valence-electron chi connectivity index (χ0n) is 14.8. The van der Waals surface area contributed by atoms with Crippen LogP contribution in [0.15, 0.2) is 5.11 Å². The molecule has 1 atom stereocenters. The molecular formula is C14H26N4O7. The van der Waals surface area contributed by atoms with Gasteiger partial charge in [0.15, 0.2) is 6.04 Å². The van der Waals surface area contributed by atoms with Gasteiger partial charge in [0.2, 0.25) is 0 Å². The van der Waals surface area contributed by atoms with Gasteiger partial charge in [-0.25, -0.2) is 9.59 Å². The molecule has 25 heavy (non-hydrogen) atoms. The van der Waals surface area contributed by atoms with E-state index in [2.05, 4.69) is 15.3 Å². The van der Waals surface area contributed by atoms with Crippen LogP contribution < -0.4 is 5.32 Å². The minimum atomic E-state index is -1.22. The molecule has 0 aliphatic rings. The van der Waals surface area contributed by atoms with Gasteiger partial charge in [-0.15, -0.1) is 0 Å². The molecule has 0 aliphatic heterocycles. The molecule has 11 nitrogen and oxygen atoms in total. The van der Waals surface area contributed by atoms with Gasteiger partial charge < -0.3 is 29.4 Å². The summed E-state index contributed by atoms with van der Waals surface area (Å²) in [7, 11) is 0. The average Bonchev–Trinajstić information content (AvgIpc) is 2.49. The van der Waals surface area contributed by atoms with Crippen LogP contribution in [0.4, 0.5) is 4.79 Å². The summed E-state index contributed by atoms with van der Waals surface area (Å²) in [5, 5.41) is 14.6. The number of ether oxygens (including phenoxy) is 4. The normalized spacial score (nSPS) is 12.1. The molecule has 0 saturated heterocycles. The zero-order valence-corrected chi connectivity index (χ0v) is 14.8. The van der Waals surface area contributed by atoms with Gasteiger partial charge in [-0.05, 0) is 26.3 Å². The highest BCUT2D eigenvalue weighted by Gasteiger charge is 2.23. The Labute approximate surface area is 146 Å². The molecule has 0 fully saturated rings. The third kappa shape index (κ3) is 15.2. The summed E-state index contributed by atoms with van der Waals surface area (Å²) in [5.41, 5.74) is 7.34. The molecule has 0 aromatic rings. The lowest BCUT2D eigenvalue weighted by molar-refractivity contribution is -0.141. The van der Waals surface area contributed by atoms with Crippen molar-refractivity contribution < 1.29 is 33.6 Å². The lowest BCUT2D eigenvalue weighted by atomic mass is 10.2. The van der Waals surface area contributed by atoms with E-state index in [1.165, 1.54) is 0 Å². The van der Waals surface area contributed by atoms with Gasteiger partial charge in [-0.1, -0.05) is 5.11 Å². The minimum Gasteiger partial charge on any atom is -0.480 e. The molecule has 1 amide bonds. The summed E-state index contributed by atoms with van der Waals surface area (Å²) in [6, 6.07) is -1.21. The summed E-state index contributed by atoms with van der Waals surface area (Å²) in [6.07, 6.45) is -0.822. The number of alkyl carbamates (subject to hydrolysis) is 1. The fourth-order valence-corrected chi connectivity index (χ4v) is 1.42. The number of rotatable bonds is 13. The van der Waals surface area contributed by atoms with Crippen molar-refractivity contribution in [2.24, 2.45) is 5.11 Å². The number of carboxylic acid groups (broad SMARTS) is 1. The number of aliphatic carboxylic acids is 1. The van der Waals surface area contributed by atoms with Crippen molar-refractivity contribution in [3.63, 3.8) is 0 Å². The Kier molecular flexibility index (Phi) is 12.1. The van der Waals surface area contributed by atoms with E-state index in [9.17, 15) is 9.59 Å². The number of carbonyl (C=O) groups excluding carboxylic acids is 1. The second-order valence-corrected chi connectivity index (χ2v) is 5.79. The lowest BCUT2D eigenvalue weighted by Gasteiger charge is -2.22. The maximum absolute atomic E-state index is 11.6. The van der Waals surface area contributed by atoms with E-state index in [-0.39, 0.29) is 26.4 Å². The second-order valence-electron chi connectivity index (χ2n) is 5.79. The molecule has 0 heterocycles. The smallest absolute Gasteiger partial charge is 0.408 e.